The van der Waals surface area contributed by atoms with E-state index in [1.54, 1.807) is 6.07 Å². The van der Waals surface area contributed by atoms with Crippen LogP contribution in [0.1, 0.15) is 24.6 Å². The number of rotatable bonds is 3. The van der Waals surface area contributed by atoms with Crippen LogP contribution >= 0.6 is 0 Å². The first-order chi connectivity index (χ1) is 8.10. The molecule has 0 saturated heterocycles. The van der Waals surface area contributed by atoms with Gasteiger partial charge in [0.05, 0.1) is 6.54 Å². The predicted octanol–water partition coefficient (Wildman–Crippen LogP) is 2.21. The highest BCUT2D eigenvalue weighted by atomic mass is 16.3. The first-order valence-corrected chi connectivity index (χ1v) is 5.68. The van der Waals surface area contributed by atoms with Gasteiger partial charge in [-0.15, -0.1) is 0 Å². The van der Waals surface area contributed by atoms with Gasteiger partial charge in [0, 0.05) is 29.1 Å². The van der Waals surface area contributed by atoms with Crippen molar-refractivity contribution in [2.24, 2.45) is 0 Å². The number of amides is 1. The maximum Gasteiger partial charge on any atom is 0.220 e. The molecule has 90 valence electrons. The van der Waals surface area contributed by atoms with Gasteiger partial charge in [-0.2, -0.15) is 0 Å². The topological polar surface area (TPSA) is 65.1 Å². The maximum absolute atomic E-state index is 11.1. The molecule has 0 aliphatic heterocycles. The minimum atomic E-state index is 0.0303. The first kappa shape index (κ1) is 11.5. The molecule has 4 nitrogen and oxygen atoms in total. The van der Waals surface area contributed by atoms with E-state index in [1.165, 1.54) is 0 Å². The Kier molecular flexibility index (Phi) is 3.04. The Balaban J connectivity index is 2.23. The van der Waals surface area contributed by atoms with E-state index in [4.69, 9.17) is 0 Å². The number of fused-ring (bicyclic) bond motifs is 1. The van der Waals surface area contributed by atoms with E-state index in [9.17, 15) is 9.90 Å². The number of carbonyl (C=O) groups excluding carboxylic acids is 1. The Morgan fingerprint density at radius 3 is 2.88 bits per heavy atom. The van der Waals surface area contributed by atoms with E-state index in [1.807, 2.05) is 26.0 Å². The monoisotopic (exact) mass is 232 g/mol. The van der Waals surface area contributed by atoms with Gasteiger partial charge in [0.1, 0.15) is 5.75 Å². The second kappa shape index (κ2) is 4.49. The van der Waals surface area contributed by atoms with Crippen molar-refractivity contribution < 1.29 is 9.90 Å². The molecule has 0 fully saturated rings. The van der Waals surface area contributed by atoms with Gasteiger partial charge in [0.25, 0.3) is 0 Å². The maximum atomic E-state index is 11.1. The van der Waals surface area contributed by atoms with Crippen molar-refractivity contribution in [1.82, 2.24) is 10.3 Å². The van der Waals surface area contributed by atoms with Crippen LogP contribution in [0.4, 0.5) is 0 Å². The van der Waals surface area contributed by atoms with Gasteiger partial charge in [-0.3, -0.25) is 4.79 Å². The Labute approximate surface area is 99.7 Å². The molecule has 0 saturated carbocycles. The van der Waals surface area contributed by atoms with Crippen LogP contribution < -0.4 is 5.32 Å². The number of aryl methyl sites for hydroxylation is 1. The molecule has 0 unspecified atom stereocenters. The van der Waals surface area contributed by atoms with Crippen molar-refractivity contribution >= 4 is 16.8 Å². The lowest BCUT2D eigenvalue weighted by Crippen LogP contribution is -2.21. The fraction of sp³-hybridized carbons (Fsp3) is 0.308. The van der Waals surface area contributed by atoms with Gasteiger partial charge in [-0.25, -0.2) is 0 Å². The molecule has 1 amide bonds. The highest BCUT2D eigenvalue weighted by Crippen LogP contribution is 2.24. The second-order valence-electron chi connectivity index (χ2n) is 4.15. The smallest absolute Gasteiger partial charge is 0.220 e. The number of aromatic hydroxyl groups is 1. The van der Waals surface area contributed by atoms with E-state index in [0.29, 0.717) is 13.0 Å². The third kappa shape index (κ3) is 2.41. The summed E-state index contributed by atoms with van der Waals surface area (Å²) in [7, 11) is 0. The predicted molar refractivity (Wildman–Crippen MR) is 66.8 cm³/mol. The molecule has 0 atom stereocenters. The number of phenols is 1. The van der Waals surface area contributed by atoms with Crippen molar-refractivity contribution in [3.8, 4) is 5.75 Å². The van der Waals surface area contributed by atoms with Gasteiger partial charge in [0.15, 0.2) is 0 Å². The number of nitrogens with one attached hydrogen (secondary N) is 2. The molecule has 17 heavy (non-hydrogen) atoms. The van der Waals surface area contributed by atoms with Crippen LogP contribution in [0.2, 0.25) is 0 Å². The molecule has 0 spiro atoms. The van der Waals surface area contributed by atoms with Crippen LogP contribution in [0.3, 0.4) is 0 Å². The number of hydrogen-bond acceptors (Lipinski definition) is 2. The summed E-state index contributed by atoms with van der Waals surface area (Å²) in [5.41, 5.74) is 2.67. The Bertz CT molecular complexity index is 519. The van der Waals surface area contributed by atoms with Crippen molar-refractivity contribution in [2.75, 3.05) is 0 Å². The van der Waals surface area contributed by atoms with Gasteiger partial charge < -0.3 is 15.4 Å². The SMILES string of the molecule is CCC(=O)NCc1cc2cc(C)c(O)cc2[nH]1. The van der Waals surface area contributed by atoms with Crippen LogP contribution in [-0.2, 0) is 11.3 Å². The number of hydrogen-bond donors (Lipinski definition) is 3. The lowest BCUT2D eigenvalue weighted by molar-refractivity contribution is -0.120. The Morgan fingerprint density at radius 2 is 2.18 bits per heavy atom. The van der Waals surface area contributed by atoms with Crippen molar-refractivity contribution in [3.63, 3.8) is 0 Å². The summed E-state index contributed by atoms with van der Waals surface area (Å²) in [6, 6.07) is 5.61. The lowest BCUT2D eigenvalue weighted by atomic mass is 10.1. The molecule has 3 N–H and O–H groups in total. The number of H-pyrrole nitrogens is 1. The zero-order chi connectivity index (χ0) is 12.4. The van der Waals surface area contributed by atoms with E-state index < -0.39 is 0 Å². The van der Waals surface area contributed by atoms with Crippen LogP contribution in [0, 0.1) is 6.92 Å². The van der Waals surface area contributed by atoms with Crippen LogP contribution in [0.15, 0.2) is 18.2 Å². The standard InChI is InChI=1S/C13H16N2O2/c1-3-13(17)14-7-10-5-9-4-8(2)12(16)6-11(9)15-10/h4-6,15-16H,3,7H2,1-2H3,(H,14,17). The molecule has 1 heterocycles. The van der Waals surface area contributed by atoms with E-state index in [0.717, 1.165) is 22.2 Å². The van der Waals surface area contributed by atoms with Crippen LogP contribution in [0.25, 0.3) is 10.9 Å². The Morgan fingerprint density at radius 1 is 1.41 bits per heavy atom. The molecule has 2 aromatic rings. The van der Waals surface area contributed by atoms with Gasteiger partial charge >= 0.3 is 0 Å². The molecule has 0 radical (unpaired) electrons. The second-order valence-corrected chi connectivity index (χ2v) is 4.15. The van der Waals surface area contributed by atoms with Crippen molar-refractivity contribution in [1.29, 1.82) is 0 Å². The van der Waals surface area contributed by atoms with Gasteiger partial charge in [-0.1, -0.05) is 6.92 Å². The van der Waals surface area contributed by atoms with E-state index in [-0.39, 0.29) is 11.7 Å². The number of phenolic OH excluding ortho intramolecular Hbond substituents is 1. The average molecular weight is 232 g/mol. The number of benzene rings is 1. The molecule has 0 aliphatic carbocycles. The van der Waals surface area contributed by atoms with E-state index in [2.05, 4.69) is 10.3 Å². The Hall–Kier alpha value is -1.97. The molecule has 0 bridgehead atoms. The van der Waals surface area contributed by atoms with Crippen molar-refractivity contribution in [2.45, 2.75) is 26.8 Å². The molecular formula is C13H16N2O2. The minimum absolute atomic E-state index is 0.0303. The number of aromatic amines is 1. The zero-order valence-electron chi connectivity index (χ0n) is 10.0. The fourth-order valence-electron chi connectivity index (χ4n) is 1.76. The molecule has 4 heteroatoms. The summed E-state index contributed by atoms with van der Waals surface area (Å²) in [6.07, 6.45) is 0.486. The number of aromatic nitrogens is 1. The van der Waals surface area contributed by atoms with Crippen molar-refractivity contribution in [3.05, 3.63) is 29.5 Å². The quantitative estimate of drug-likeness (QED) is 0.759. The summed E-state index contributed by atoms with van der Waals surface area (Å²) in [5.74, 6) is 0.311. The molecule has 0 aliphatic rings. The highest BCUT2D eigenvalue weighted by molar-refractivity contribution is 5.83. The zero-order valence-corrected chi connectivity index (χ0v) is 10.0. The third-order valence-corrected chi connectivity index (χ3v) is 2.79. The lowest BCUT2D eigenvalue weighted by Gasteiger charge is -2.00. The largest absolute Gasteiger partial charge is 0.508 e. The molecule has 1 aromatic carbocycles. The number of carbonyl (C=O) groups is 1. The summed E-state index contributed by atoms with van der Waals surface area (Å²) >= 11 is 0. The molecular weight excluding hydrogens is 216 g/mol. The molecule has 2 rings (SSSR count). The summed E-state index contributed by atoms with van der Waals surface area (Å²) in [6.45, 7) is 4.17. The minimum Gasteiger partial charge on any atom is -0.508 e. The van der Waals surface area contributed by atoms with Crippen LogP contribution in [-0.4, -0.2) is 16.0 Å². The van der Waals surface area contributed by atoms with Crippen LogP contribution in [0.5, 0.6) is 5.75 Å². The fourth-order valence-corrected chi connectivity index (χ4v) is 1.76. The van der Waals surface area contributed by atoms with Gasteiger partial charge in [0.2, 0.25) is 5.91 Å². The molecule has 1 aromatic heterocycles. The van der Waals surface area contributed by atoms with E-state index >= 15 is 0 Å². The highest BCUT2D eigenvalue weighted by Gasteiger charge is 2.05. The summed E-state index contributed by atoms with van der Waals surface area (Å²) in [5, 5.41) is 13.4. The normalized spacial score (nSPS) is 10.7. The van der Waals surface area contributed by atoms with Gasteiger partial charge in [-0.05, 0) is 24.6 Å². The summed E-state index contributed by atoms with van der Waals surface area (Å²) in [4.78, 5) is 14.3. The average Bonchev–Trinajstić information content (AvgIpc) is 2.68. The first-order valence-electron chi connectivity index (χ1n) is 5.68. The third-order valence-electron chi connectivity index (χ3n) is 2.79. The summed E-state index contributed by atoms with van der Waals surface area (Å²) < 4.78 is 0.